The van der Waals surface area contributed by atoms with Gasteiger partial charge in [0.05, 0.1) is 12.2 Å². The van der Waals surface area contributed by atoms with Gasteiger partial charge in [-0.15, -0.1) is 0 Å². The summed E-state index contributed by atoms with van der Waals surface area (Å²) >= 11 is 0. The summed E-state index contributed by atoms with van der Waals surface area (Å²) in [7, 11) is 1.86. The molecule has 0 aliphatic heterocycles. The van der Waals surface area contributed by atoms with Crippen LogP contribution in [0.5, 0.6) is 0 Å². The quantitative estimate of drug-likeness (QED) is 0.897. The van der Waals surface area contributed by atoms with Crippen molar-refractivity contribution in [2.75, 3.05) is 5.32 Å². The number of nitrogens with one attached hydrogen (secondary N) is 2. The molecule has 0 bridgehead atoms. The summed E-state index contributed by atoms with van der Waals surface area (Å²) in [6, 6.07) is -0.239. The van der Waals surface area contributed by atoms with Crippen LogP contribution in [0.4, 0.5) is 10.6 Å². The van der Waals surface area contributed by atoms with E-state index in [1.54, 1.807) is 4.68 Å². The molecule has 0 radical (unpaired) electrons. The molecule has 132 valence electrons. The lowest BCUT2D eigenvalue weighted by atomic mass is 9.95. The highest BCUT2D eigenvalue weighted by atomic mass is 16.2. The molecule has 2 N–H and O–H groups in total. The highest BCUT2D eigenvalue weighted by Gasteiger charge is 2.22. The number of nitrogens with zero attached hydrogens (tertiary/aromatic N) is 4. The zero-order chi connectivity index (χ0) is 17.4. The Morgan fingerprint density at radius 3 is 2.68 bits per heavy atom. The lowest BCUT2D eigenvalue weighted by Crippen LogP contribution is -2.30. The second-order valence-corrected chi connectivity index (χ2v) is 6.92. The summed E-state index contributed by atoms with van der Waals surface area (Å²) in [5.41, 5.74) is 5.77. The van der Waals surface area contributed by atoms with Crippen LogP contribution in [0.15, 0.2) is 0 Å². The molecule has 25 heavy (non-hydrogen) atoms. The first kappa shape index (κ1) is 16.1. The van der Waals surface area contributed by atoms with E-state index in [2.05, 4.69) is 25.7 Å². The van der Waals surface area contributed by atoms with E-state index in [0.717, 1.165) is 55.0 Å². The number of carbonyl (C=O) groups is 1. The standard InChI is InChI=1S/C18H24N6O/c1-11-12-6-3-4-8-14(12)21-16(20-11)10-19-18(25)22-17-13-7-5-9-15(13)23-24(17)2/h3-10H2,1-2H3,(H2,19,22,25). The van der Waals surface area contributed by atoms with Crippen molar-refractivity contribution in [2.45, 2.75) is 58.4 Å². The molecule has 2 aliphatic rings. The number of anilines is 1. The zero-order valence-corrected chi connectivity index (χ0v) is 14.9. The smallest absolute Gasteiger partial charge is 0.320 e. The maximum atomic E-state index is 12.3. The molecule has 2 aromatic rings. The Labute approximate surface area is 147 Å². The van der Waals surface area contributed by atoms with E-state index in [1.165, 1.54) is 24.0 Å². The minimum atomic E-state index is -0.239. The molecule has 7 nitrogen and oxygen atoms in total. The van der Waals surface area contributed by atoms with Crippen LogP contribution < -0.4 is 10.6 Å². The summed E-state index contributed by atoms with van der Waals surface area (Å²) in [4.78, 5) is 21.5. The van der Waals surface area contributed by atoms with Crippen molar-refractivity contribution >= 4 is 11.8 Å². The minimum absolute atomic E-state index is 0.239. The fraction of sp³-hybridized carbons (Fsp3) is 0.556. The van der Waals surface area contributed by atoms with Crippen molar-refractivity contribution in [2.24, 2.45) is 7.05 Å². The molecule has 7 heteroatoms. The molecule has 0 unspecified atom stereocenters. The van der Waals surface area contributed by atoms with E-state index in [0.29, 0.717) is 12.4 Å². The van der Waals surface area contributed by atoms with Gasteiger partial charge < -0.3 is 5.32 Å². The number of carbonyl (C=O) groups excluding carboxylic acids is 1. The number of aryl methyl sites for hydroxylation is 4. The predicted molar refractivity (Wildman–Crippen MR) is 94.5 cm³/mol. The Kier molecular flexibility index (Phi) is 4.15. The van der Waals surface area contributed by atoms with Gasteiger partial charge in [0, 0.05) is 24.0 Å². The van der Waals surface area contributed by atoms with Crippen LogP contribution in [0.3, 0.4) is 0 Å². The van der Waals surface area contributed by atoms with Crippen LogP contribution in [0.1, 0.15) is 53.3 Å². The predicted octanol–water partition coefficient (Wildman–Crippen LogP) is 2.21. The normalized spacial score (nSPS) is 15.6. The Hall–Kier alpha value is -2.44. The molecule has 4 rings (SSSR count). The Morgan fingerprint density at radius 1 is 1.04 bits per heavy atom. The van der Waals surface area contributed by atoms with Gasteiger partial charge in [0.15, 0.2) is 0 Å². The number of hydrogen-bond acceptors (Lipinski definition) is 4. The number of fused-ring (bicyclic) bond motifs is 2. The minimum Gasteiger partial charge on any atom is -0.331 e. The number of hydrogen-bond donors (Lipinski definition) is 2. The highest BCUT2D eigenvalue weighted by Crippen LogP contribution is 2.28. The number of amides is 2. The summed E-state index contributed by atoms with van der Waals surface area (Å²) in [5.74, 6) is 1.48. The molecule has 0 aromatic carbocycles. The number of rotatable bonds is 3. The fourth-order valence-electron chi connectivity index (χ4n) is 3.91. The molecule has 2 amide bonds. The van der Waals surface area contributed by atoms with Crippen molar-refractivity contribution in [3.05, 3.63) is 34.0 Å². The third kappa shape index (κ3) is 3.10. The van der Waals surface area contributed by atoms with E-state index in [4.69, 9.17) is 0 Å². The van der Waals surface area contributed by atoms with Crippen LogP contribution in [0, 0.1) is 6.92 Å². The Bertz CT molecular complexity index is 825. The van der Waals surface area contributed by atoms with Crippen LogP contribution in [-0.2, 0) is 39.3 Å². The molecule has 2 aromatic heterocycles. The van der Waals surface area contributed by atoms with Crippen LogP contribution in [0.2, 0.25) is 0 Å². The maximum absolute atomic E-state index is 12.3. The van der Waals surface area contributed by atoms with Crippen LogP contribution in [-0.4, -0.2) is 25.8 Å². The topological polar surface area (TPSA) is 84.7 Å². The van der Waals surface area contributed by atoms with E-state index < -0.39 is 0 Å². The first-order valence-electron chi connectivity index (χ1n) is 9.06. The van der Waals surface area contributed by atoms with Gasteiger partial charge in [-0.05, 0) is 57.4 Å². The van der Waals surface area contributed by atoms with Gasteiger partial charge in [0.1, 0.15) is 11.6 Å². The first-order chi connectivity index (χ1) is 12.1. The lowest BCUT2D eigenvalue weighted by molar-refractivity contribution is 0.251. The SMILES string of the molecule is Cc1nc(CNC(=O)Nc2c3c(nn2C)CCC3)nc2c1CCCC2. The maximum Gasteiger partial charge on any atom is 0.320 e. The molecular formula is C18H24N6O. The van der Waals surface area contributed by atoms with E-state index >= 15 is 0 Å². The van der Waals surface area contributed by atoms with Crippen molar-refractivity contribution in [1.29, 1.82) is 0 Å². The summed E-state index contributed by atoms with van der Waals surface area (Å²) in [6.45, 7) is 2.37. The largest absolute Gasteiger partial charge is 0.331 e. The monoisotopic (exact) mass is 340 g/mol. The Balaban J connectivity index is 1.42. The summed E-state index contributed by atoms with van der Waals surface area (Å²) in [5, 5.41) is 10.3. The van der Waals surface area contributed by atoms with E-state index in [9.17, 15) is 4.79 Å². The second kappa shape index (κ2) is 6.46. The van der Waals surface area contributed by atoms with E-state index in [1.807, 2.05) is 14.0 Å². The number of aromatic nitrogens is 4. The van der Waals surface area contributed by atoms with Crippen molar-refractivity contribution in [3.63, 3.8) is 0 Å². The summed E-state index contributed by atoms with van der Waals surface area (Å²) < 4.78 is 1.75. The lowest BCUT2D eigenvalue weighted by Gasteiger charge is -2.17. The van der Waals surface area contributed by atoms with Crippen LogP contribution in [0.25, 0.3) is 0 Å². The average Bonchev–Trinajstić information content (AvgIpc) is 3.16. The van der Waals surface area contributed by atoms with Gasteiger partial charge in [-0.1, -0.05) is 0 Å². The molecule has 0 fully saturated rings. The van der Waals surface area contributed by atoms with Crippen molar-refractivity contribution in [3.8, 4) is 0 Å². The van der Waals surface area contributed by atoms with Gasteiger partial charge in [0.2, 0.25) is 0 Å². The highest BCUT2D eigenvalue weighted by molar-refractivity contribution is 5.89. The van der Waals surface area contributed by atoms with Gasteiger partial charge >= 0.3 is 6.03 Å². The van der Waals surface area contributed by atoms with Gasteiger partial charge in [0.25, 0.3) is 0 Å². The molecule has 0 saturated carbocycles. The van der Waals surface area contributed by atoms with E-state index in [-0.39, 0.29) is 6.03 Å². The van der Waals surface area contributed by atoms with Gasteiger partial charge in [-0.3, -0.25) is 10.00 Å². The van der Waals surface area contributed by atoms with Crippen LogP contribution >= 0.6 is 0 Å². The second-order valence-electron chi connectivity index (χ2n) is 6.92. The molecule has 2 heterocycles. The third-order valence-corrected chi connectivity index (χ3v) is 5.14. The summed E-state index contributed by atoms with van der Waals surface area (Å²) in [6.07, 6.45) is 7.56. The molecule has 0 spiro atoms. The Morgan fingerprint density at radius 2 is 1.80 bits per heavy atom. The van der Waals surface area contributed by atoms with Crippen molar-refractivity contribution in [1.82, 2.24) is 25.1 Å². The molecular weight excluding hydrogens is 316 g/mol. The average molecular weight is 340 g/mol. The first-order valence-corrected chi connectivity index (χ1v) is 9.06. The van der Waals surface area contributed by atoms with Gasteiger partial charge in [-0.2, -0.15) is 5.10 Å². The van der Waals surface area contributed by atoms with Crippen molar-refractivity contribution < 1.29 is 4.79 Å². The molecule has 2 aliphatic carbocycles. The zero-order valence-electron chi connectivity index (χ0n) is 14.9. The third-order valence-electron chi connectivity index (χ3n) is 5.14. The molecule has 0 atom stereocenters. The van der Waals surface area contributed by atoms with Gasteiger partial charge in [-0.25, -0.2) is 14.8 Å². The number of urea groups is 1. The fourth-order valence-corrected chi connectivity index (χ4v) is 3.91. The molecule has 0 saturated heterocycles.